The summed E-state index contributed by atoms with van der Waals surface area (Å²) in [5.74, 6) is 0. The van der Waals surface area contributed by atoms with Crippen molar-refractivity contribution in [2.45, 2.75) is 19.9 Å². The lowest BCUT2D eigenvalue weighted by Crippen LogP contribution is -2.30. The zero-order chi connectivity index (χ0) is 8.10. The fourth-order valence-corrected chi connectivity index (χ4v) is 0.937. The number of rotatable bonds is 3. The Hall–Kier alpha value is -0.760. The Balaban J connectivity index is 2.25. The molecule has 0 atom stereocenters. The molecule has 1 aliphatic heterocycles. The van der Waals surface area contributed by atoms with Crippen LogP contribution in [0.3, 0.4) is 0 Å². The van der Waals surface area contributed by atoms with Crippen molar-refractivity contribution in [3.05, 3.63) is 23.9 Å². The van der Waals surface area contributed by atoms with E-state index >= 15 is 0 Å². The minimum atomic E-state index is 0.559. The van der Waals surface area contributed by atoms with Crippen molar-refractivity contribution in [2.75, 3.05) is 13.1 Å². The number of hydrogen-bond acceptors (Lipinski definition) is 2. The molecule has 1 rings (SSSR count). The molecule has 11 heavy (non-hydrogen) atoms. The Labute approximate surface area is 68.4 Å². The minimum absolute atomic E-state index is 0.559. The summed E-state index contributed by atoms with van der Waals surface area (Å²) in [6.45, 7) is 6.21. The van der Waals surface area contributed by atoms with Crippen LogP contribution in [0.15, 0.2) is 23.9 Å². The Morgan fingerprint density at radius 3 is 3.00 bits per heavy atom. The first-order valence-electron chi connectivity index (χ1n) is 4.12. The van der Waals surface area contributed by atoms with Crippen molar-refractivity contribution in [3.8, 4) is 0 Å². The van der Waals surface area contributed by atoms with Gasteiger partial charge in [-0.25, -0.2) is 0 Å². The minimum Gasteiger partial charge on any atom is -0.384 e. The first-order valence-corrected chi connectivity index (χ1v) is 4.12. The van der Waals surface area contributed by atoms with Crippen LogP contribution in [0.4, 0.5) is 0 Å². The lowest BCUT2D eigenvalue weighted by molar-refractivity contribution is 0.604. The molecule has 0 saturated heterocycles. The third kappa shape index (κ3) is 3.23. The number of dihydropyridines is 1. The first-order chi connectivity index (χ1) is 5.29. The molecule has 0 aromatic heterocycles. The number of allylic oxidation sites excluding steroid dienone is 2. The van der Waals surface area contributed by atoms with Gasteiger partial charge in [0.2, 0.25) is 0 Å². The highest BCUT2D eigenvalue weighted by atomic mass is 15.0. The molecule has 2 N–H and O–H groups in total. The maximum absolute atomic E-state index is 3.35. The molecule has 0 spiro atoms. The summed E-state index contributed by atoms with van der Waals surface area (Å²) in [7, 11) is 0. The summed E-state index contributed by atoms with van der Waals surface area (Å²) in [4.78, 5) is 0. The molecular weight excluding hydrogens is 136 g/mol. The monoisotopic (exact) mass is 152 g/mol. The molecule has 0 amide bonds. The van der Waals surface area contributed by atoms with E-state index in [0.29, 0.717) is 6.04 Å². The molecular formula is C9H16N2. The summed E-state index contributed by atoms with van der Waals surface area (Å²) >= 11 is 0. The summed E-state index contributed by atoms with van der Waals surface area (Å²) in [5, 5.41) is 6.64. The normalized spacial score (nSPS) is 16.5. The summed E-state index contributed by atoms with van der Waals surface area (Å²) in [6, 6.07) is 0.559. The molecule has 0 fully saturated rings. The van der Waals surface area contributed by atoms with Gasteiger partial charge in [-0.15, -0.1) is 0 Å². The third-order valence-electron chi connectivity index (χ3n) is 1.58. The van der Waals surface area contributed by atoms with Crippen LogP contribution in [-0.2, 0) is 0 Å². The maximum Gasteiger partial charge on any atom is 0.0356 e. The van der Waals surface area contributed by atoms with Crippen LogP contribution in [0.1, 0.15) is 13.8 Å². The predicted octanol–water partition coefficient (Wildman–Crippen LogP) is 1.03. The standard InChI is InChI=1S/C9H16N2/c1-8(2)11-7-9-5-3-4-6-10-9/h3-5,8,10-11H,6-7H2,1-2H3. The molecule has 0 bridgehead atoms. The molecule has 1 aliphatic rings. The second-order valence-corrected chi connectivity index (χ2v) is 3.04. The van der Waals surface area contributed by atoms with Gasteiger partial charge in [0, 0.05) is 24.8 Å². The van der Waals surface area contributed by atoms with Crippen molar-refractivity contribution in [3.63, 3.8) is 0 Å². The van der Waals surface area contributed by atoms with Crippen LogP contribution in [0, 0.1) is 0 Å². The quantitative estimate of drug-likeness (QED) is 0.631. The Bertz CT molecular complexity index is 168. The third-order valence-corrected chi connectivity index (χ3v) is 1.58. The predicted molar refractivity (Wildman–Crippen MR) is 48.4 cm³/mol. The van der Waals surface area contributed by atoms with Crippen molar-refractivity contribution >= 4 is 0 Å². The van der Waals surface area contributed by atoms with E-state index in [2.05, 4.69) is 42.7 Å². The van der Waals surface area contributed by atoms with E-state index in [1.54, 1.807) is 0 Å². The lowest BCUT2D eigenvalue weighted by atomic mass is 10.3. The van der Waals surface area contributed by atoms with Crippen LogP contribution in [0.2, 0.25) is 0 Å². The van der Waals surface area contributed by atoms with E-state index in [1.807, 2.05) is 0 Å². The average Bonchev–Trinajstić information content (AvgIpc) is 2.03. The maximum atomic E-state index is 3.35. The van der Waals surface area contributed by atoms with Gasteiger partial charge in [-0.05, 0) is 6.08 Å². The fourth-order valence-electron chi connectivity index (χ4n) is 0.937. The van der Waals surface area contributed by atoms with E-state index in [1.165, 1.54) is 5.70 Å². The molecule has 0 aromatic carbocycles. The fraction of sp³-hybridized carbons (Fsp3) is 0.556. The lowest BCUT2D eigenvalue weighted by Gasteiger charge is -2.14. The van der Waals surface area contributed by atoms with Crippen LogP contribution in [-0.4, -0.2) is 19.1 Å². The Kier molecular flexibility index (Phi) is 3.17. The second kappa shape index (κ2) is 4.19. The number of hydrogen-bond donors (Lipinski definition) is 2. The molecule has 2 nitrogen and oxygen atoms in total. The molecule has 0 radical (unpaired) electrons. The summed E-state index contributed by atoms with van der Waals surface area (Å²) < 4.78 is 0. The Morgan fingerprint density at radius 2 is 2.45 bits per heavy atom. The van der Waals surface area contributed by atoms with Crippen molar-refractivity contribution in [1.82, 2.24) is 10.6 Å². The highest BCUT2D eigenvalue weighted by Crippen LogP contribution is 1.94. The largest absolute Gasteiger partial charge is 0.384 e. The van der Waals surface area contributed by atoms with Gasteiger partial charge in [0.15, 0.2) is 0 Å². The van der Waals surface area contributed by atoms with Gasteiger partial charge in [-0.2, -0.15) is 0 Å². The molecule has 0 saturated carbocycles. The van der Waals surface area contributed by atoms with E-state index in [0.717, 1.165) is 13.1 Å². The van der Waals surface area contributed by atoms with Gasteiger partial charge in [0.25, 0.3) is 0 Å². The number of nitrogens with one attached hydrogen (secondary N) is 2. The molecule has 1 heterocycles. The van der Waals surface area contributed by atoms with E-state index in [4.69, 9.17) is 0 Å². The topological polar surface area (TPSA) is 24.1 Å². The van der Waals surface area contributed by atoms with Gasteiger partial charge in [0.05, 0.1) is 0 Å². The van der Waals surface area contributed by atoms with Crippen LogP contribution in [0.25, 0.3) is 0 Å². The van der Waals surface area contributed by atoms with Crippen molar-refractivity contribution < 1.29 is 0 Å². The van der Waals surface area contributed by atoms with E-state index < -0.39 is 0 Å². The highest BCUT2D eigenvalue weighted by Gasteiger charge is 1.98. The summed E-state index contributed by atoms with van der Waals surface area (Å²) in [5.41, 5.74) is 1.28. The van der Waals surface area contributed by atoms with Gasteiger partial charge in [-0.1, -0.05) is 26.0 Å². The zero-order valence-electron chi connectivity index (χ0n) is 7.22. The Morgan fingerprint density at radius 1 is 1.64 bits per heavy atom. The van der Waals surface area contributed by atoms with Gasteiger partial charge >= 0.3 is 0 Å². The van der Waals surface area contributed by atoms with Gasteiger partial charge in [0.1, 0.15) is 0 Å². The van der Waals surface area contributed by atoms with Gasteiger partial charge in [-0.3, -0.25) is 0 Å². The summed E-state index contributed by atoms with van der Waals surface area (Å²) in [6.07, 6.45) is 6.31. The zero-order valence-corrected chi connectivity index (χ0v) is 7.22. The SMILES string of the molecule is CC(C)NCC1=CC=CCN1. The van der Waals surface area contributed by atoms with E-state index in [9.17, 15) is 0 Å². The highest BCUT2D eigenvalue weighted by molar-refractivity contribution is 5.17. The van der Waals surface area contributed by atoms with E-state index in [-0.39, 0.29) is 0 Å². The average molecular weight is 152 g/mol. The van der Waals surface area contributed by atoms with Crippen molar-refractivity contribution in [1.29, 1.82) is 0 Å². The van der Waals surface area contributed by atoms with Crippen LogP contribution in [0.5, 0.6) is 0 Å². The molecule has 62 valence electrons. The van der Waals surface area contributed by atoms with Crippen LogP contribution < -0.4 is 10.6 Å². The van der Waals surface area contributed by atoms with Crippen molar-refractivity contribution in [2.24, 2.45) is 0 Å². The molecule has 0 aliphatic carbocycles. The second-order valence-electron chi connectivity index (χ2n) is 3.04. The molecule has 0 aromatic rings. The molecule has 2 heteroatoms. The smallest absolute Gasteiger partial charge is 0.0356 e. The first kappa shape index (κ1) is 8.34. The molecule has 0 unspecified atom stereocenters. The van der Waals surface area contributed by atoms with Gasteiger partial charge < -0.3 is 10.6 Å². The van der Waals surface area contributed by atoms with Crippen LogP contribution >= 0.6 is 0 Å².